The second-order valence-electron chi connectivity index (χ2n) is 4.10. The number of pyridine rings is 1. The van der Waals surface area contributed by atoms with Crippen LogP contribution >= 0.6 is 0 Å². The summed E-state index contributed by atoms with van der Waals surface area (Å²) in [6.45, 7) is 8.45. The molecule has 3 heteroatoms. The molecule has 3 nitrogen and oxygen atoms in total. The van der Waals surface area contributed by atoms with Gasteiger partial charge in [-0.3, -0.25) is 0 Å². The Morgan fingerprint density at radius 1 is 1.36 bits per heavy atom. The molecule has 0 aromatic carbocycles. The van der Waals surface area contributed by atoms with Crippen LogP contribution < -0.4 is 11.1 Å². The Kier molecular flexibility index (Phi) is 3.33. The number of nitrogen functional groups attached to an aromatic ring is 1. The maximum Gasteiger partial charge on any atom is 0.128 e. The van der Waals surface area contributed by atoms with Gasteiger partial charge in [0.05, 0.1) is 0 Å². The second kappa shape index (κ2) is 4.31. The Morgan fingerprint density at radius 3 is 2.50 bits per heavy atom. The summed E-state index contributed by atoms with van der Waals surface area (Å²) in [5, 5.41) is 3.32. The van der Waals surface area contributed by atoms with E-state index in [0.29, 0.717) is 12.0 Å². The maximum atomic E-state index is 5.79. The molecular weight excluding hydrogens is 174 g/mol. The van der Waals surface area contributed by atoms with Crippen molar-refractivity contribution in [2.75, 3.05) is 11.1 Å². The Morgan fingerprint density at radius 2 is 2.00 bits per heavy atom. The highest BCUT2D eigenvalue weighted by Crippen LogP contribution is 2.15. The van der Waals surface area contributed by atoms with E-state index in [-0.39, 0.29) is 0 Å². The summed E-state index contributed by atoms with van der Waals surface area (Å²) in [7, 11) is 0. The minimum absolute atomic E-state index is 0.407. The van der Waals surface area contributed by atoms with Crippen molar-refractivity contribution >= 4 is 11.5 Å². The van der Waals surface area contributed by atoms with Crippen molar-refractivity contribution in [2.24, 2.45) is 5.92 Å². The summed E-state index contributed by atoms with van der Waals surface area (Å²) in [5.74, 6) is 1.44. The van der Waals surface area contributed by atoms with Crippen molar-refractivity contribution in [3.63, 3.8) is 0 Å². The van der Waals surface area contributed by atoms with Crippen LogP contribution in [0, 0.1) is 12.8 Å². The number of rotatable bonds is 3. The Labute approximate surface area is 85.7 Å². The van der Waals surface area contributed by atoms with Crippen LogP contribution in [0.4, 0.5) is 11.5 Å². The van der Waals surface area contributed by atoms with E-state index in [0.717, 1.165) is 17.1 Å². The third-order valence-electron chi connectivity index (χ3n) is 2.52. The van der Waals surface area contributed by atoms with Crippen molar-refractivity contribution in [3.8, 4) is 0 Å². The minimum Gasteiger partial charge on any atom is -0.398 e. The fourth-order valence-electron chi connectivity index (χ4n) is 1.02. The molecular formula is C11H19N3. The summed E-state index contributed by atoms with van der Waals surface area (Å²) in [6, 6.07) is 2.29. The van der Waals surface area contributed by atoms with E-state index in [2.05, 4.69) is 31.1 Å². The molecule has 0 bridgehead atoms. The molecule has 0 aliphatic rings. The van der Waals surface area contributed by atoms with Crippen molar-refractivity contribution in [1.29, 1.82) is 0 Å². The van der Waals surface area contributed by atoms with Crippen LogP contribution in [0.1, 0.15) is 26.3 Å². The normalized spacial score (nSPS) is 12.9. The molecule has 0 radical (unpaired) electrons. The lowest BCUT2D eigenvalue weighted by molar-refractivity contribution is 0.558. The number of hydrogen-bond acceptors (Lipinski definition) is 3. The molecule has 1 heterocycles. The number of nitrogens with two attached hydrogens (primary N) is 1. The SMILES string of the molecule is Cc1cnc(NC(C)C(C)C)cc1N. The first-order valence-electron chi connectivity index (χ1n) is 4.99. The fraction of sp³-hybridized carbons (Fsp3) is 0.545. The molecule has 0 saturated carbocycles. The van der Waals surface area contributed by atoms with Gasteiger partial charge in [0.1, 0.15) is 5.82 Å². The van der Waals surface area contributed by atoms with Gasteiger partial charge in [-0.1, -0.05) is 13.8 Å². The summed E-state index contributed by atoms with van der Waals surface area (Å²) in [6.07, 6.45) is 1.80. The predicted molar refractivity (Wildman–Crippen MR) is 61.3 cm³/mol. The van der Waals surface area contributed by atoms with Gasteiger partial charge in [-0.15, -0.1) is 0 Å². The van der Waals surface area contributed by atoms with E-state index in [9.17, 15) is 0 Å². The molecule has 78 valence electrons. The first-order valence-corrected chi connectivity index (χ1v) is 4.99. The van der Waals surface area contributed by atoms with Gasteiger partial charge < -0.3 is 11.1 Å². The molecule has 3 N–H and O–H groups in total. The van der Waals surface area contributed by atoms with E-state index in [1.807, 2.05) is 13.0 Å². The number of aryl methyl sites for hydroxylation is 1. The van der Waals surface area contributed by atoms with Crippen LogP contribution in [0.3, 0.4) is 0 Å². The first-order chi connectivity index (χ1) is 6.50. The number of nitrogens with one attached hydrogen (secondary N) is 1. The largest absolute Gasteiger partial charge is 0.398 e. The highest BCUT2D eigenvalue weighted by molar-refractivity contribution is 5.53. The molecule has 1 aromatic heterocycles. The smallest absolute Gasteiger partial charge is 0.128 e. The van der Waals surface area contributed by atoms with Crippen molar-refractivity contribution < 1.29 is 0 Å². The van der Waals surface area contributed by atoms with Crippen molar-refractivity contribution in [3.05, 3.63) is 17.8 Å². The number of anilines is 2. The fourth-order valence-corrected chi connectivity index (χ4v) is 1.02. The van der Waals surface area contributed by atoms with E-state index >= 15 is 0 Å². The lowest BCUT2D eigenvalue weighted by Crippen LogP contribution is -2.22. The second-order valence-corrected chi connectivity index (χ2v) is 4.10. The van der Waals surface area contributed by atoms with E-state index < -0.39 is 0 Å². The summed E-state index contributed by atoms with van der Waals surface area (Å²) < 4.78 is 0. The molecule has 1 aromatic rings. The van der Waals surface area contributed by atoms with Crippen molar-refractivity contribution in [2.45, 2.75) is 33.7 Å². The highest BCUT2D eigenvalue weighted by Gasteiger charge is 2.07. The number of nitrogens with zero attached hydrogens (tertiary/aromatic N) is 1. The van der Waals surface area contributed by atoms with Gasteiger partial charge in [-0.05, 0) is 25.3 Å². The predicted octanol–water partition coefficient (Wildman–Crippen LogP) is 2.43. The summed E-state index contributed by atoms with van der Waals surface area (Å²) in [4.78, 5) is 4.27. The summed E-state index contributed by atoms with van der Waals surface area (Å²) >= 11 is 0. The van der Waals surface area contributed by atoms with Crippen LogP contribution in [0.15, 0.2) is 12.3 Å². The third kappa shape index (κ3) is 2.62. The average Bonchev–Trinajstić information content (AvgIpc) is 2.11. The minimum atomic E-state index is 0.407. The molecule has 1 rings (SSSR count). The quantitative estimate of drug-likeness (QED) is 0.775. The van der Waals surface area contributed by atoms with Gasteiger partial charge in [0.25, 0.3) is 0 Å². The Hall–Kier alpha value is -1.25. The number of hydrogen-bond donors (Lipinski definition) is 2. The van der Waals surface area contributed by atoms with Gasteiger partial charge >= 0.3 is 0 Å². The van der Waals surface area contributed by atoms with Crippen LogP contribution in [-0.2, 0) is 0 Å². The van der Waals surface area contributed by atoms with Gasteiger partial charge in [-0.2, -0.15) is 0 Å². The monoisotopic (exact) mass is 193 g/mol. The number of aromatic nitrogens is 1. The van der Waals surface area contributed by atoms with Gasteiger partial charge in [-0.25, -0.2) is 4.98 Å². The average molecular weight is 193 g/mol. The van der Waals surface area contributed by atoms with Crippen LogP contribution in [0.2, 0.25) is 0 Å². The van der Waals surface area contributed by atoms with Crippen LogP contribution in [0.5, 0.6) is 0 Å². The topological polar surface area (TPSA) is 50.9 Å². The van der Waals surface area contributed by atoms with E-state index in [1.54, 1.807) is 6.20 Å². The molecule has 1 atom stereocenters. The molecule has 14 heavy (non-hydrogen) atoms. The lowest BCUT2D eigenvalue weighted by Gasteiger charge is -2.18. The zero-order valence-corrected chi connectivity index (χ0v) is 9.33. The molecule has 0 aliphatic heterocycles. The van der Waals surface area contributed by atoms with Crippen LogP contribution in [-0.4, -0.2) is 11.0 Å². The third-order valence-corrected chi connectivity index (χ3v) is 2.52. The molecule has 0 spiro atoms. The summed E-state index contributed by atoms with van der Waals surface area (Å²) in [5.41, 5.74) is 7.60. The van der Waals surface area contributed by atoms with Gasteiger partial charge in [0.2, 0.25) is 0 Å². The molecule has 0 aliphatic carbocycles. The zero-order chi connectivity index (χ0) is 10.7. The van der Waals surface area contributed by atoms with Gasteiger partial charge in [0.15, 0.2) is 0 Å². The standard InChI is InChI=1S/C11H19N3/c1-7(2)9(4)14-11-5-10(12)8(3)6-13-11/h5-7,9H,1-4H3,(H3,12,13,14). The van der Waals surface area contributed by atoms with E-state index in [1.165, 1.54) is 0 Å². The zero-order valence-electron chi connectivity index (χ0n) is 9.33. The van der Waals surface area contributed by atoms with Gasteiger partial charge in [0, 0.05) is 24.0 Å². The molecule has 0 amide bonds. The first kappa shape index (κ1) is 10.8. The highest BCUT2D eigenvalue weighted by atomic mass is 15.0. The Balaban J connectivity index is 2.73. The molecule has 0 fully saturated rings. The lowest BCUT2D eigenvalue weighted by atomic mass is 10.1. The Bertz CT molecular complexity index is 307. The maximum absolute atomic E-state index is 5.79. The molecule has 1 unspecified atom stereocenters. The van der Waals surface area contributed by atoms with Crippen LogP contribution in [0.25, 0.3) is 0 Å². The van der Waals surface area contributed by atoms with E-state index in [4.69, 9.17) is 5.73 Å². The van der Waals surface area contributed by atoms with Crippen molar-refractivity contribution in [1.82, 2.24) is 4.98 Å². The molecule has 0 saturated heterocycles.